The smallest absolute Gasteiger partial charge is 0.0691 e. The van der Waals surface area contributed by atoms with Crippen molar-refractivity contribution in [2.45, 2.75) is 80.8 Å². The van der Waals surface area contributed by atoms with Crippen molar-refractivity contribution in [3.05, 3.63) is 65.5 Å². The van der Waals surface area contributed by atoms with Crippen molar-refractivity contribution in [1.82, 2.24) is 10.3 Å². The van der Waals surface area contributed by atoms with E-state index in [9.17, 15) is 0 Å². The van der Waals surface area contributed by atoms with E-state index in [2.05, 4.69) is 41.7 Å². The summed E-state index contributed by atoms with van der Waals surface area (Å²) in [5.41, 5.74) is 4.39. The Morgan fingerprint density at radius 3 is 2.62 bits per heavy atom. The van der Waals surface area contributed by atoms with E-state index in [4.69, 9.17) is 14.5 Å². The minimum absolute atomic E-state index is 0.0839. The molecule has 3 atom stereocenters. The highest BCUT2D eigenvalue weighted by atomic mass is 16.5. The Kier molecular flexibility index (Phi) is 6.64. The summed E-state index contributed by atoms with van der Waals surface area (Å²) in [6, 6.07) is 15.8. The van der Waals surface area contributed by atoms with E-state index < -0.39 is 0 Å². The molecule has 172 valence electrons. The maximum atomic E-state index is 6.42. The summed E-state index contributed by atoms with van der Waals surface area (Å²) in [4.78, 5) is 4.86. The standard InChI is InChI=1S/C28H38N2O2/c1-31-20-22-11-12-25(24-9-3-2-8-23(22)24)29-18-15-27(26-10-4-7-17-30-26)16-19-32-28(21-27)13-5-6-14-28/h2-4,7-10,17,22,25,29H,5-6,11-16,18-21H2,1H3/t22-,25?,27-/m1/s1. The number of pyridine rings is 1. The molecule has 2 heterocycles. The van der Waals surface area contributed by atoms with Crippen LogP contribution in [-0.2, 0) is 14.9 Å². The van der Waals surface area contributed by atoms with Gasteiger partial charge in [-0.15, -0.1) is 0 Å². The molecule has 1 spiro atoms. The first kappa shape index (κ1) is 22.1. The fraction of sp³-hybridized carbons (Fsp3) is 0.607. The first-order valence-corrected chi connectivity index (χ1v) is 12.6. The second-order valence-corrected chi connectivity index (χ2v) is 10.3. The second-order valence-electron chi connectivity index (χ2n) is 10.3. The number of benzene rings is 1. The number of nitrogens with zero attached hydrogens (tertiary/aromatic N) is 1. The van der Waals surface area contributed by atoms with Crippen LogP contribution in [0.15, 0.2) is 48.7 Å². The number of aromatic nitrogens is 1. The maximum Gasteiger partial charge on any atom is 0.0691 e. The van der Waals surface area contributed by atoms with Crippen molar-refractivity contribution in [3.8, 4) is 0 Å². The van der Waals surface area contributed by atoms with E-state index >= 15 is 0 Å². The first-order chi connectivity index (χ1) is 15.7. The molecule has 2 aromatic rings. The predicted molar refractivity (Wildman–Crippen MR) is 128 cm³/mol. The highest BCUT2D eigenvalue weighted by Crippen LogP contribution is 2.49. The third kappa shape index (κ3) is 4.37. The normalized spacial score (nSPS) is 29.2. The summed E-state index contributed by atoms with van der Waals surface area (Å²) in [6.07, 6.45) is 12.7. The molecular weight excluding hydrogens is 396 g/mol. The van der Waals surface area contributed by atoms with E-state index in [0.29, 0.717) is 12.0 Å². The lowest BCUT2D eigenvalue weighted by atomic mass is 9.68. The summed E-state index contributed by atoms with van der Waals surface area (Å²) in [5.74, 6) is 0.520. The van der Waals surface area contributed by atoms with Crippen molar-refractivity contribution in [1.29, 1.82) is 0 Å². The minimum atomic E-state index is 0.0839. The SMILES string of the molecule is COC[C@H]1CCC(NCC[C@@]2(c3ccccn3)CCOC3(CCCC3)C2)c2ccccc21. The van der Waals surface area contributed by atoms with Gasteiger partial charge in [-0.1, -0.05) is 43.2 Å². The fourth-order valence-corrected chi connectivity index (χ4v) is 6.75. The van der Waals surface area contributed by atoms with Gasteiger partial charge in [0.05, 0.1) is 12.2 Å². The summed E-state index contributed by atoms with van der Waals surface area (Å²) < 4.78 is 11.9. The lowest BCUT2D eigenvalue weighted by Gasteiger charge is -2.46. The van der Waals surface area contributed by atoms with Gasteiger partial charge in [0.2, 0.25) is 0 Å². The molecular formula is C28H38N2O2. The highest BCUT2D eigenvalue weighted by Gasteiger charge is 2.48. The van der Waals surface area contributed by atoms with Crippen molar-refractivity contribution in [3.63, 3.8) is 0 Å². The van der Waals surface area contributed by atoms with Crippen LogP contribution < -0.4 is 5.32 Å². The molecule has 0 radical (unpaired) electrons. The first-order valence-electron chi connectivity index (χ1n) is 12.6. The zero-order valence-corrected chi connectivity index (χ0v) is 19.5. The largest absolute Gasteiger partial charge is 0.384 e. The van der Waals surface area contributed by atoms with E-state index in [-0.39, 0.29) is 11.0 Å². The number of rotatable bonds is 7. The topological polar surface area (TPSA) is 43.4 Å². The van der Waals surface area contributed by atoms with E-state index in [1.165, 1.54) is 55.3 Å². The maximum absolute atomic E-state index is 6.42. The molecule has 1 unspecified atom stereocenters. The van der Waals surface area contributed by atoms with Crippen LogP contribution in [0.2, 0.25) is 0 Å². The van der Waals surface area contributed by atoms with Gasteiger partial charge in [-0.3, -0.25) is 4.98 Å². The third-order valence-electron chi connectivity index (χ3n) is 8.35. The van der Waals surface area contributed by atoms with Crippen LogP contribution in [0.3, 0.4) is 0 Å². The molecule has 1 aliphatic heterocycles. The van der Waals surface area contributed by atoms with Gasteiger partial charge in [0.15, 0.2) is 0 Å². The molecule has 1 N–H and O–H groups in total. The summed E-state index contributed by atoms with van der Waals surface area (Å²) in [5, 5.41) is 3.95. The zero-order chi connectivity index (χ0) is 21.9. The van der Waals surface area contributed by atoms with Crippen molar-refractivity contribution in [2.24, 2.45) is 0 Å². The quantitative estimate of drug-likeness (QED) is 0.608. The number of nitrogens with one attached hydrogen (secondary N) is 1. The van der Waals surface area contributed by atoms with E-state index in [1.807, 2.05) is 19.4 Å². The van der Waals surface area contributed by atoms with E-state index in [1.54, 1.807) is 0 Å². The number of methoxy groups -OCH3 is 1. The monoisotopic (exact) mass is 434 g/mol. The Balaban J connectivity index is 1.32. The number of hydrogen-bond donors (Lipinski definition) is 1. The molecule has 32 heavy (non-hydrogen) atoms. The third-order valence-corrected chi connectivity index (χ3v) is 8.35. The molecule has 1 saturated heterocycles. The van der Waals surface area contributed by atoms with E-state index in [0.717, 1.165) is 39.0 Å². The molecule has 2 aliphatic carbocycles. The van der Waals surface area contributed by atoms with Crippen molar-refractivity contribution < 1.29 is 9.47 Å². The molecule has 0 amide bonds. The Morgan fingerprint density at radius 1 is 1.03 bits per heavy atom. The Bertz CT molecular complexity index is 880. The lowest BCUT2D eigenvalue weighted by Crippen LogP contribution is -2.47. The summed E-state index contributed by atoms with van der Waals surface area (Å²) >= 11 is 0. The number of ether oxygens (including phenoxy) is 2. The summed E-state index contributed by atoms with van der Waals surface area (Å²) in [7, 11) is 1.81. The van der Waals surface area contributed by atoms with Crippen LogP contribution in [0.1, 0.15) is 86.6 Å². The average Bonchev–Trinajstić information content (AvgIpc) is 3.28. The minimum Gasteiger partial charge on any atom is -0.384 e. The van der Waals surface area contributed by atoms with Gasteiger partial charge >= 0.3 is 0 Å². The molecule has 4 heteroatoms. The van der Waals surface area contributed by atoms with Crippen LogP contribution >= 0.6 is 0 Å². The van der Waals surface area contributed by atoms with Gasteiger partial charge in [-0.05, 0) is 74.8 Å². The average molecular weight is 435 g/mol. The van der Waals surface area contributed by atoms with Gasteiger partial charge in [0.1, 0.15) is 0 Å². The van der Waals surface area contributed by atoms with Crippen LogP contribution in [0.5, 0.6) is 0 Å². The van der Waals surface area contributed by atoms with Crippen molar-refractivity contribution in [2.75, 3.05) is 26.9 Å². The van der Waals surface area contributed by atoms with Crippen LogP contribution in [0.25, 0.3) is 0 Å². The van der Waals surface area contributed by atoms with Gasteiger partial charge in [0.25, 0.3) is 0 Å². The number of fused-ring (bicyclic) bond motifs is 1. The molecule has 5 rings (SSSR count). The highest BCUT2D eigenvalue weighted by molar-refractivity contribution is 5.35. The molecule has 1 aromatic carbocycles. The predicted octanol–water partition coefficient (Wildman–Crippen LogP) is 5.69. The molecule has 0 bridgehead atoms. The molecule has 4 nitrogen and oxygen atoms in total. The van der Waals surface area contributed by atoms with Crippen LogP contribution in [-0.4, -0.2) is 37.5 Å². The van der Waals surface area contributed by atoms with Crippen molar-refractivity contribution >= 4 is 0 Å². The Hall–Kier alpha value is -1.75. The van der Waals surface area contributed by atoms with Crippen LogP contribution in [0.4, 0.5) is 0 Å². The molecule has 3 aliphatic rings. The van der Waals surface area contributed by atoms with Gasteiger partial charge in [-0.2, -0.15) is 0 Å². The van der Waals surface area contributed by atoms with Gasteiger partial charge in [0, 0.05) is 43.0 Å². The van der Waals surface area contributed by atoms with Gasteiger partial charge in [-0.25, -0.2) is 0 Å². The fourth-order valence-electron chi connectivity index (χ4n) is 6.75. The second kappa shape index (κ2) is 9.62. The van der Waals surface area contributed by atoms with Gasteiger partial charge < -0.3 is 14.8 Å². The summed E-state index contributed by atoms with van der Waals surface area (Å²) in [6.45, 7) is 2.69. The Labute approximate surface area is 193 Å². The zero-order valence-electron chi connectivity index (χ0n) is 19.5. The molecule has 2 fully saturated rings. The molecule has 1 aromatic heterocycles. The lowest BCUT2D eigenvalue weighted by molar-refractivity contribution is -0.104. The van der Waals surface area contributed by atoms with Crippen LogP contribution in [0, 0.1) is 0 Å². The Morgan fingerprint density at radius 2 is 1.84 bits per heavy atom. The number of hydrogen-bond acceptors (Lipinski definition) is 4. The molecule has 1 saturated carbocycles.